The van der Waals surface area contributed by atoms with E-state index in [-0.39, 0.29) is 0 Å². The predicted octanol–water partition coefficient (Wildman–Crippen LogP) is 5.31. The van der Waals surface area contributed by atoms with Gasteiger partial charge in [0.15, 0.2) is 0 Å². The smallest absolute Gasteiger partial charge is 0.0205 e. The molecule has 0 amide bonds. The zero-order valence-electron chi connectivity index (χ0n) is 12.7. The second-order valence-electron chi connectivity index (χ2n) is 5.49. The van der Waals surface area contributed by atoms with Gasteiger partial charge in [0.2, 0.25) is 0 Å². The van der Waals surface area contributed by atoms with E-state index >= 15 is 0 Å². The third kappa shape index (κ3) is 9.72. The molecule has 19 heavy (non-hydrogen) atoms. The zero-order chi connectivity index (χ0) is 13.6. The molecule has 0 aliphatic rings. The van der Waals surface area contributed by atoms with E-state index in [2.05, 4.69) is 42.6 Å². The minimum Gasteiger partial charge on any atom is -0.313 e. The molecule has 0 heterocycles. The van der Waals surface area contributed by atoms with Crippen LogP contribution in [0.3, 0.4) is 0 Å². The normalized spacial score (nSPS) is 10.8. The summed E-state index contributed by atoms with van der Waals surface area (Å²) in [6.45, 7) is 4.45. The lowest BCUT2D eigenvalue weighted by Crippen LogP contribution is -2.14. The Bertz CT molecular complexity index is 281. The molecule has 0 spiro atoms. The van der Waals surface area contributed by atoms with E-state index in [1.165, 1.54) is 63.4 Å². The van der Waals surface area contributed by atoms with Crippen LogP contribution in [0.4, 0.5) is 0 Å². The summed E-state index contributed by atoms with van der Waals surface area (Å²) in [6, 6.07) is 10.7. The van der Waals surface area contributed by atoms with Crippen LogP contribution < -0.4 is 5.32 Å². The number of hydrogen-bond donors (Lipinski definition) is 1. The third-order valence-electron chi connectivity index (χ3n) is 3.63. The Labute approximate surface area is 119 Å². The molecule has 1 rings (SSSR count). The summed E-state index contributed by atoms with van der Waals surface area (Å²) in [7, 11) is 0. The van der Waals surface area contributed by atoms with Gasteiger partial charge in [-0.05, 0) is 18.5 Å². The van der Waals surface area contributed by atoms with E-state index in [1.807, 2.05) is 0 Å². The Morgan fingerprint density at radius 2 is 1.32 bits per heavy atom. The maximum Gasteiger partial charge on any atom is 0.0205 e. The molecule has 0 bridgehead atoms. The van der Waals surface area contributed by atoms with Gasteiger partial charge in [-0.3, -0.25) is 0 Å². The average Bonchev–Trinajstić information content (AvgIpc) is 2.46. The summed E-state index contributed by atoms with van der Waals surface area (Å²) in [6.07, 6.45) is 12.7. The van der Waals surface area contributed by atoms with Crippen molar-refractivity contribution in [3.05, 3.63) is 35.9 Å². The predicted molar refractivity (Wildman–Crippen MR) is 85.4 cm³/mol. The molecule has 0 fully saturated rings. The first-order valence-electron chi connectivity index (χ1n) is 8.18. The quantitative estimate of drug-likeness (QED) is 0.503. The van der Waals surface area contributed by atoms with Gasteiger partial charge in [-0.2, -0.15) is 0 Å². The van der Waals surface area contributed by atoms with Crippen molar-refractivity contribution in [2.24, 2.45) is 0 Å². The van der Waals surface area contributed by atoms with Crippen molar-refractivity contribution in [2.45, 2.75) is 71.3 Å². The van der Waals surface area contributed by atoms with Crippen molar-refractivity contribution < 1.29 is 0 Å². The van der Waals surface area contributed by atoms with Gasteiger partial charge in [0.1, 0.15) is 0 Å². The molecule has 0 aliphatic carbocycles. The van der Waals surface area contributed by atoms with Gasteiger partial charge in [-0.1, -0.05) is 88.6 Å². The van der Waals surface area contributed by atoms with E-state index < -0.39 is 0 Å². The van der Waals surface area contributed by atoms with Gasteiger partial charge in [-0.25, -0.2) is 0 Å². The van der Waals surface area contributed by atoms with Crippen LogP contribution in [0.25, 0.3) is 0 Å². The van der Waals surface area contributed by atoms with Gasteiger partial charge in [0.05, 0.1) is 0 Å². The van der Waals surface area contributed by atoms with E-state index in [1.54, 1.807) is 0 Å². The van der Waals surface area contributed by atoms with E-state index in [0.29, 0.717) is 0 Å². The number of benzene rings is 1. The molecular formula is C18H31N. The minimum atomic E-state index is 1.01. The summed E-state index contributed by atoms with van der Waals surface area (Å²) < 4.78 is 0. The number of nitrogens with one attached hydrogen (secondary N) is 1. The zero-order valence-corrected chi connectivity index (χ0v) is 12.7. The number of rotatable bonds is 12. The van der Waals surface area contributed by atoms with Crippen LogP contribution in [0.5, 0.6) is 0 Å². The Balaban J connectivity index is 1.79. The highest BCUT2D eigenvalue weighted by molar-refractivity contribution is 5.14. The van der Waals surface area contributed by atoms with Crippen molar-refractivity contribution >= 4 is 0 Å². The summed E-state index contributed by atoms with van der Waals surface area (Å²) >= 11 is 0. The molecule has 0 unspecified atom stereocenters. The molecule has 1 N–H and O–H groups in total. The van der Waals surface area contributed by atoms with E-state index in [4.69, 9.17) is 0 Å². The second kappa shape index (κ2) is 12.2. The first kappa shape index (κ1) is 16.2. The lowest BCUT2D eigenvalue weighted by Gasteiger charge is -2.05. The fourth-order valence-corrected chi connectivity index (χ4v) is 2.39. The lowest BCUT2D eigenvalue weighted by atomic mass is 10.1. The van der Waals surface area contributed by atoms with Gasteiger partial charge in [0, 0.05) is 6.54 Å². The van der Waals surface area contributed by atoms with Crippen molar-refractivity contribution in [1.29, 1.82) is 0 Å². The van der Waals surface area contributed by atoms with E-state index in [0.717, 1.165) is 13.1 Å². The van der Waals surface area contributed by atoms with Crippen LogP contribution in [0.2, 0.25) is 0 Å². The lowest BCUT2D eigenvalue weighted by molar-refractivity contribution is 0.549. The maximum atomic E-state index is 3.52. The highest BCUT2D eigenvalue weighted by Gasteiger charge is 1.93. The molecule has 0 saturated heterocycles. The molecule has 108 valence electrons. The van der Waals surface area contributed by atoms with Gasteiger partial charge in [0.25, 0.3) is 0 Å². The van der Waals surface area contributed by atoms with Crippen LogP contribution in [-0.4, -0.2) is 6.54 Å². The largest absolute Gasteiger partial charge is 0.313 e. The van der Waals surface area contributed by atoms with Gasteiger partial charge >= 0.3 is 0 Å². The Morgan fingerprint density at radius 3 is 1.95 bits per heavy atom. The molecule has 0 aliphatic heterocycles. The number of unbranched alkanes of at least 4 members (excludes halogenated alkanes) is 8. The molecular weight excluding hydrogens is 230 g/mol. The number of hydrogen-bond acceptors (Lipinski definition) is 1. The molecule has 1 aromatic rings. The van der Waals surface area contributed by atoms with Crippen LogP contribution in [0, 0.1) is 0 Å². The SMILES string of the molecule is CCCCCCCCCCCNCc1ccccc1. The van der Waals surface area contributed by atoms with Crippen LogP contribution >= 0.6 is 0 Å². The van der Waals surface area contributed by atoms with Crippen molar-refractivity contribution in [2.75, 3.05) is 6.54 Å². The Morgan fingerprint density at radius 1 is 0.737 bits per heavy atom. The molecule has 1 heteroatoms. The molecule has 0 aromatic heterocycles. The first-order chi connectivity index (χ1) is 9.43. The van der Waals surface area contributed by atoms with Crippen molar-refractivity contribution in [3.63, 3.8) is 0 Å². The van der Waals surface area contributed by atoms with Crippen molar-refractivity contribution in [3.8, 4) is 0 Å². The van der Waals surface area contributed by atoms with Gasteiger partial charge in [-0.15, -0.1) is 0 Å². The van der Waals surface area contributed by atoms with E-state index in [9.17, 15) is 0 Å². The third-order valence-corrected chi connectivity index (χ3v) is 3.63. The standard InChI is InChI=1S/C18H31N/c1-2-3-4-5-6-7-8-9-13-16-19-17-18-14-11-10-12-15-18/h10-12,14-15,19H,2-9,13,16-17H2,1H3. The van der Waals surface area contributed by atoms with Crippen LogP contribution in [0.1, 0.15) is 70.3 Å². The molecule has 1 nitrogen and oxygen atoms in total. The topological polar surface area (TPSA) is 12.0 Å². The Kier molecular flexibility index (Phi) is 10.4. The van der Waals surface area contributed by atoms with Crippen molar-refractivity contribution in [1.82, 2.24) is 5.32 Å². The second-order valence-corrected chi connectivity index (χ2v) is 5.49. The summed E-state index contributed by atoms with van der Waals surface area (Å²) in [4.78, 5) is 0. The first-order valence-corrected chi connectivity index (χ1v) is 8.18. The molecule has 0 radical (unpaired) electrons. The minimum absolute atomic E-state index is 1.01. The van der Waals surface area contributed by atoms with Crippen LogP contribution in [0.15, 0.2) is 30.3 Å². The highest BCUT2D eigenvalue weighted by atomic mass is 14.8. The van der Waals surface area contributed by atoms with Gasteiger partial charge < -0.3 is 5.32 Å². The van der Waals surface area contributed by atoms with Crippen LogP contribution in [-0.2, 0) is 6.54 Å². The summed E-state index contributed by atoms with van der Waals surface area (Å²) in [5.74, 6) is 0. The molecule has 0 atom stereocenters. The average molecular weight is 261 g/mol. The fourth-order valence-electron chi connectivity index (χ4n) is 2.39. The maximum absolute atomic E-state index is 3.52. The highest BCUT2D eigenvalue weighted by Crippen LogP contribution is 2.09. The molecule has 1 aromatic carbocycles. The fraction of sp³-hybridized carbons (Fsp3) is 0.667. The summed E-state index contributed by atoms with van der Waals surface area (Å²) in [5.41, 5.74) is 1.39. The monoisotopic (exact) mass is 261 g/mol. The molecule has 0 saturated carbocycles. The Hall–Kier alpha value is -0.820. The summed E-state index contributed by atoms with van der Waals surface area (Å²) in [5, 5.41) is 3.52.